The van der Waals surface area contributed by atoms with Crippen molar-refractivity contribution in [2.75, 3.05) is 12.0 Å². The minimum absolute atomic E-state index is 0.0581. The maximum atomic E-state index is 13.4. The lowest BCUT2D eigenvalue weighted by Gasteiger charge is -2.40. The second kappa shape index (κ2) is 7.55. The third kappa shape index (κ3) is 3.39. The first kappa shape index (κ1) is 18.9. The molecule has 2 aliphatic rings. The summed E-state index contributed by atoms with van der Waals surface area (Å²) >= 11 is 1.70. The number of carbonyl (C=O) groups excluding carboxylic acids is 1. The molecule has 2 aromatic rings. The minimum Gasteiger partial charge on any atom is -0.504 e. The van der Waals surface area contributed by atoms with E-state index >= 15 is 0 Å². The van der Waals surface area contributed by atoms with Crippen molar-refractivity contribution in [3.63, 3.8) is 0 Å². The topological polar surface area (TPSA) is 49.8 Å². The van der Waals surface area contributed by atoms with Gasteiger partial charge < -0.3 is 9.84 Å². The molecular formula is C23H25NO3S. The summed E-state index contributed by atoms with van der Waals surface area (Å²) in [7, 11) is 1.53. The van der Waals surface area contributed by atoms with Crippen LogP contribution in [0.25, 0.3) is 6.08 Å². The van der Waals surface area contributed by atoms with Crippen LogP contribution in [-0.4, -0.2) is 23.0 Å². The van der Waals surface area contributed by atoms with Gasteiger partial charge in [0.05, 0.1) is 16.9 Å². The second-order valence-corrected chi connectivity index (χ2v) is 8.93. The Morgan fingerprint density at radius 1 is 1.11 bits per heavy atom. The average Bonchev–Trinajstić information content (AvgIpc) is 2.95. The largest absolute Gasteiger partial charge is 0.504 e. The number of aromatic hydroxyl groups is 1. The van der Waals surface area contributed by atoms with Gasteiger partial charge in [0.25, 0.3) is 5.91 Å². The van der Waals surface area contributed by atoms with E-state index in [2.05, 4.69) is 31.2 Å². The summed E-state index contributed by atoms with van der Waals surface area (Å²) in [6.45, 7) is 2.06. The Balaban J connectivity index is 1.74. The molecule has 1 N–H and O–H groups in total. The zero-order valence-corrected chi connectivity index (χ0v) is 17.1. The van der Waals surface area contributed by atoms with Gasteiger partial charge in [0.1, 0.15) is 0 Å². The van der Waals surface area contributed by atoms with Gasteiger partial charge >= 0.3 is 0 Å². The summed E-state index contributed by atoms with van der Waals surface area (Å²) in [6.07, 6.45) is 7.44. The third-order valence-electron chi connectivity index (χ3n) is 5.55. The fraction of sp³-hybridized carbons (Fsp3) is 0.348. The maximum Gasteiger partial charge on any atom is 0.265 e. The Morgan fingerprint density at radius 2 is 1.82 bits per heavy atom. The van der Waals surface area contributed by atoms with Gasteiger partial charge in [-0.25, -0.2) is 0 Å². The van der Waals surface area contributed by atoms with Crippen LogP contribution < -0.4 is 9.64 Å². The summed E-state index contributed by atoms with van der Waals surface area (Å²) in [5.41, 5.74) is 3.01. The van der Waals surface area contributed by atoms with Crippen molar-refractivity contribution < 1.29 is 14.6 Å². The molecule has 1 aliphatic heterocycles. The van der Waals surface area contributed by atoms with E-state index in [1.165, 1.54) is 19.1 Å². The predicted octanol–water partition coefficient (Wildman–Crippen LogP) is 5.49. The fourth-order valence-corrected chi connectivity index (χ4v) is 5.65. The quantitative estimate of drug-likeness (QED) is 0.698. The lowest BCUT2D eigenvalue weighted by atomic mass is 9.92. The van der Waals surface area contributed by atoms with Crippen molar-refractivity contribution in [2.24, 2.45) is 0 Å². The number of phenolic OH excluding ortho intramolecular Hbond substituents is 1. The molecule has 0 bridgehead atoms. The Morgan fingerprint density at radius 3 is 2.50 bits per heavy atom. The van der Waals surface area contributed by atoms with E-state index in [1.807, 2.05) is 11.0 Å². The van der Waals surface area contributed by atoms with Crippen molar-refractivity contribution in [1.29, 1.82) is 0 Å². The van der Waals surface area contributed by atoms with Crippen LogP contribution in [0.4, 0.5) is 5.69 Å². The first-order valence-corrected chi connectivity index (χ1v) is 10.5. The fourth-order valence-electron chi connectivity index (χ4n) is 4.09. The van der Waals surface area contributed by atoms with Gasteiger partial charge in [-0.3, -0.25) is 9.69 Å². The van der Waals surface area contributed by atoms with Crippen molar-refractivity contribution in [2.45, 2.75) is 43.9 Å². The molecule has 1 spiro atoms. The zero-order chi connectivity index (χ0) is 19.7. The number of thioether (sulfide) groups is 1. The molecule has 1 saturated carbocycles. The molecule has 5 heteroatoms. The molecule has 0 unspecified atom stereocenters. The van der Waals surface area contributed by atoms with E-state index in [-0.39, 0.29) is 16.5 Å². The van der Waals surface area contributed by atoms with Gasteiger partial charge in [-0.2, -0.15) is 0 Å². The van der Waals surface area contributed by atoms with Crippen LogP contribution in [0.5, 0.6) is 11.5 Å². The Labute approximate surface area is 170 Å². The van der Waals surface area contributed by atoms with E-state index in [0.717, 1.165) is 41.8 Å². The Hall–Kier alpha value is -2.40. The van der Waals surface area contributed by atoms with Gasteiger partial charge in [0.2, 0.25) is 0 Å². The highest BCUT2D eigenvalue weighted by molar-refractivity contribution is 8.06. The van der Waals surface area contributed by atoms with E-state index in [0.29, 0.717) is 5.75 Å². The highest BCUT2D eigenvalue weighted by Crippen LogP contribution is 2.54. The molecule has 1 amide bonds. The lowest BCUT2D eigenvalue weighted by Crippen LogP contribution is -2.45. The van der Waals surface area contributed by atoms with Gasteiger partial charge in [0.15, 0.2) is 11.5 Å². The molecule has 2 aromatic carbocycles. The summed E-state index contributed by atoms with van der Waals surface area (Å²) < 4.78 is 5.21. The summed E-state index contributed by atoms with van der Waals surface area (Å²) in [4.78, 5) is 16.0. The Kier molecular flexibility index (Phi) is 5.11. The van der Waals surface area contributed by atoms with E-state index < -0.39 is 0 Å². The number of amides is 1. The number of methoxy groups -OCH3 is 1. The van der Waals surface area contributed by atoms with Crippen LogP contribution in [0.2, 0.25) is 0 Å². The normalized spacial score (nSPS) is 20.1. The molecular weight excluding hydrogens is 370 g/mol. The molecule has 1 heterocycles. The molecule has 146 valence electrons. The van der Waals surface area contributed by atoms with Crippen LogP contribution in [0, 0.1) is 6.92 Å². The number of anilines is 1. The number of hydrogen-bond donors (Lipinski definition) is 1. The number of nitrogens with zero attached hydrogens (tertiary/aromatic N) is 1. The van der Waals surface area contributed by atoms with Crippen LogP contribution in [0.15, 0.2) is 47.4 Å². The van der Waals surface area contributed by atoms with Gasteiger partial charge in [-0.15, -0.1) is 0 Å². The summed E-state index contributed by atoms with van der Waals surface area (Å²) in [6, 6.07) is 13.4. The molecule has 0 radical (unpaired) electrons. The molecule has 28 heavy (non-hydrogen) atoms. The third-order valence-corrected chi connectivity index (χ3v) is 7.03. The second-order valence-electron chi connectivity index (χ2n) is 7.52. The first-order valence-electron chi connectivity index (χ1n) is 9.71. The van der Waals surface area contributed by atoms with Gasteiger partial charge in [-0.1, -0.05) is 54.8 Å². The smallest absolute Gasteiger partial charge is 0.265 e. The lowest BCUT2D eigenvalue weighted by molar-refractivity contribution is -0.114. The maximum absolute atomic E-state index is 13.4. The predicted molar refractivity (Wildman–Crippen MR) is 115 cm³/mol. The van der Waals surface area contributed by atoms with E-state index in [9.17, 15) is 9.90 Å². The van der Waals surface area contributed by atoms with E-state index in [4.69, 9.17) is 4.74 Å². The Bertz CT molecular complexity index is 914. The van der Waals surface area contributed by atoms with Gasteiger partial charge in [0, 0.05) is 5.69 Å². The number of phenols is 1. The molecule has 0 aromatic heterocycles. The van der Waals surface area contributed by atoms with Crippen molar-refractivity contribution in [3.8, 4) is 11.5 Å². The van der Waals surface area contributed by atoms with Gasteiger partial charge in [-0.05, 0) is 55.7 Å². The number of hydrogen-bond acceptors (Lipinski definition) is 4. The highest BCUT2D eigenvalue weighted by Gasteiger charge is 2.50. The minimum atomic E-state index is -0.197. The van der Waals surface area contributed by atoms with Crippen LogP contribution in [0.3, 0.4) is 0 Å². The standard InChI is InChI=1S/C23H25NO3S/c1-16-6-9-18(10-7-16)24-22(26)21(28-23(24)12-4-3-5-13-23)15-17-8-11-19(25)20(14-17)27-2/h6-11,14-15,25H,3-5,12-13H2,1-2H3/b21-15-. The number of aryl methyl sites for hydroxylation is 1. The zero-order valence-electron chi connectivity index (χ0n) is 16.3. The first-order chi connectivity index (χ1) is 13.5. The van der Waals surface area contributed by atoms with E-state index in [1.54, 1.807) is 30.0 Å². The number of ether oxygens (including phenoxy) is 1. The molecule has 0 atom stereocenters. The summed E-state index contributed by atoms with van der Waals surface area (Å²) in [5, 5.41) is 9.83. The number of carbonyl (C=O) groups is 1. The van der Waals surface area contributed by atoms with Crippen LogP contribution >= 0.6 is 11.8 Å². The molecule has 1 saturated heterocycles. The number of benzene rings is 2. The molecule has 4 nitrogen and oxygen atoms in total. The van der Waals surface area contributed by atoms with Crippen molar-refractivity contribution >= 4 is 29.4 Å². The van der Waals surface area contributed by atoms with Crippen molar-refractivity contribution in [3.05, 3.63) is 58.5 Å². The molecule has 4 rings (SSSR count). The highest BCUT2D eigenvalue weighted by atomic mass is 32.2. The van der Waals surface area contributed by atoms with Crippen LogP contribution in [-0.2, 0) is 4.79 Å². The number of rotatable bonds is 3. The van der Waals surface area contributed by atoms with Crippen LogP contribution in [0.1, 0.15) is 43.2 Å². The summed E-state index contributed by atoms with van der Waals surface area (Å²) in [5.74, 6) is 0.565. The molecule has 2 fully saturated rings. The monoisotopic (exact) mass is 395 g/mol. The average molecular weight is 396 g/mol. The molecule has 1 aliphatic carbocycles. The SMILES string of the molecule is COc1cc(/C=C2\SC3(CCCCC3)N(c3ccc(C)cc3)C2=O)ccc1O. The van der Waals surface area contributed by atoms with Crippen molar-refractivity contribution in [1.82, 2.24) is 0 Å².